The van der Waals surface area contributed by atoms with Gasteiger partial charge >= 0.3 is 0 Å². The van der Waals surface area contributed by atoms with E-state index in [9.17, 15) is 4.79 Å². The third kappa shape index (κ3) is 5.54. The first-order chi connectivity index (χ1) is 14.5. The van der Waals surface area contributed by atoms with E-state index >= 15 is 0 Å². The minimum absolute atomic E-state index is 0.0568. The van der Waals surface area contributed by atoms with Crippen LogP contribution in [0.1, 0.15) is 12.8 Å². The van der Waals surface area contributed by atoms with Gasteiger partial charge in [-0.05, 0) is 39.0 Å². The highest BCUT2D eigenvalue weighted by Gasteiger charge is 2.20. The van der Waals surface area contributed by atoms with Crippen LogP contribution in [-0.2, 0) is 4.79 Å². The highest BCUT2D eigenvalue weighted by Crippen LogP contribution is 2.35. The molecule has 1 fully saturated rings. The molecule has 3 N–H and O–H groups in total. The summed E-state index contributed by atoms with van der Waals surface area (Å²) in [5, 5.41) is 10.3. The lowest BCUT2D eigenvalue weighted by Gasteiger charge is -2.30. The number of anilines is 2. The minimum atomic E-state index is -0.209. The number of likely N-dealkylation sites (tertiary alicyclic amines) is 1. The maximum absolute atomic E-state index is 11.3. The summed E-state index contributed by atoms with van der Waals surface area (Å²) >= 11 is 5.50. The van der Waals surface area contributed by atoms with Gasteiger partial charge in [0.15, 0.2) is 11.5 Å². The Labute approximate surface area is 181 Å². The fraction of sp³-hybridized carbons (Fsp3) is 0.550. The molecule has 0 saturated carbocycles. The summed E-state index contributed by atoms with van der Waals surface area (Å²) in [4.78, 5) is 22.9. The smallest absolute Gasteiger partial charge is 0.234 e. The summed E-state index contributed by atoms with van der Waals surface area (Å²) < 4.78 is 10.9. The van der Waals surface area contributed by atoms with E-state index in [0.717, 1.165) is 42.7 Å². The number of ether oxygens (including phenoxy) is 2. The quantitative estimate of drug-likeness (QED) is 0.405. The molecule has 1 saturated heterocycles. The van der Waals surface area contributed by atoms with E-state index in [4.69, 9.17) is 26.1 Å². The lowest BCUT2D eigenvalue weighted by molar-refractivity contribution is -0.118. The molecule has 9 nitrogen and oxygen atoms in total. The number of methoxy groups -OCH3 is 2. The molecule has 1 aromatic heterocycles. The van der Waals surface area contributed by atoms with Crippen LogP contribution in [0.4, 0.5) is 11.8 Å². The number of carbonyl (C=O) groups is 1. The van der Waals surface area contributed by atoms with Crippen molar-refractivity contribution < 1.29 is 14.3 Å². The molecule has 30 heavy (non-hydrogen) atoms. The molecular formula is C20H29ClN6O3. The van der Waals surface area contributed by atoms with Gasteiger partial charge in [0.05, 0.1) is 19.7 Å². The molecule has 1 aliphatic heterocycles. The van der Waals surface area contributed by atoms with Crippen LogP contribution in [0.25, 0.3) is 10.9 Å². The first-order valence-electron chi connectivity index (χ1n) is 9.99. The second kappa shape index (κ2) is 10.5. The number of piperidine rings is 1. The Morgan fingerprint density at radius 2 is 1.87 bits per heavy atom. The highest BCUT2D eigenvalue weighted by molar-refractivity contribution is 6.27. The zero-order valence-corrected chi connectivity index (χ0v) is 18.4. The van der Waals surface area contributed by atoms with Gasteiger partial charge in [0.2, 0.25) is 11.9 Å². The first-order valence-corrected chi connectivity index (χ1v) is 10.5. The van der Waals surface area contributed by atoms with Gasteiger partial charge in [0, 0.05) is 30.6 Å². The summed E-state index contributed by atoms with van der Waals surface area (Å²) in [7, 11) is 5.35. The fourth-order valence-electron chi connectivity index (χ4n) is 3.41. The van der Waals surface area contributed by atoms with Gasteiger partial charge < -0.3 is 30.3 Å². The molecule has 164 valence electrons. The van der Waals surface area contributed by atoms with Crippen LogP contribution in [0.3, 0.4) is 0 Å². The molecule has 0 unspecified atom stereocenters. The van der Waals surface area contributed by atoms with Crippen LogP contribution in [0.5, 0.6) is 11.5 Å². The van der Waals surface area contributed by atoms with Crippen molar-refractivity contribution in [2.75, 3.05) is 64.0 Å². The molecule has 0 atom stereocenters. The number of benzene rings is 1. The number of alkyl halides is 1. The van der Waals surface area contributed by atoms with Crippen LogP contribution in [-0.4, -0.2) is 80.1 Å². The number of hydrogen-bond acceptors (Lipinski definition) is 8. The number of carbonyl (C=O) groups excluding carboxylic acids is 1. The van der Waals surface area contributed by atoms with Crippen molar-refractivity contribution in [2.45, 2.75) is 18.9 Å². The molecule has 0 spiro atoms. The van der Waals surface area contributed by atoms with E-state index < -0.39 is 0 Å². The van der Waals surface area contributed by atoms with Crippen LogP contribution in [0, 0.1) is 0 Å². The van der Waals surface area contributed by atoms with Gasteiger partial charge in [-0.2, -0.15) is 4.98 Å². The topological polar surface area (TPSA) is 101 Å². The number of halogens is 1. The summed E-state index contributed by atoms with van der Waals surface area (Å²) in [6, 6.07) is 4.08. The monoisotopic (exact) mass is 436 g/mol. The van der Waals surface area contributed by atoms with Crippen LogP contribution < -0.4 is 25.4 Å². The fourth-order valence-corrected chi connectivity index (χ4v) is 3.51. The first kappa shape index (κ1) is 22.2. The standard InChI is InChI=1S/C20H29ClN6O3/c1-27-8-4-13(5-9-27)24-19-14-10-16(29-2)17(30-3)11-15(14)25-20(26-19)23-7-6-22-18(28)12-21/h10-11,13H,4-9,12H2,1-3H3,(H,22,28)(H2,23,24,25,26). The molecule has 0 aliphatic carbocycles. The summed E-state index contributed by atoms with van der Waals surface area (Å²) in [6.07, 6.45) is 2.09. The van der Waals surface area contributed by atoms with E-state index in [2.05, 4.69) is 32.9 Å². The van der Waals surface area contributed by atoms with Crippen molar-refractivity contribution in [3.63, 3.8) is 0 Å². The molecule has 2 aromatic rings. The zero-order chi connectivity index (χ0) is 21.5. The van der Waals surface area contributed by atoms with Crippen molar-refractivity contribution in [3.05, 3.63) is 12.1 Å². The van der Waals surface area contributed by atoms with E-state index in [1.165, 1.54) is 0 Å². The maximum Gasteiger partial charge on any atom is 0.234 e. The molecular weight excluding hydrogens is 408 g/mol. The van der Waals surface area contributed by atoms with Crippen molar-refractivity contribution in [1.82, 2.24) is 20.2 Å². The third-order valence-electron chi connectivity index (χ3n) is 5.11. The summed E-state index contributed by atoms with van der Waals surface area (Å²) in [5.41, 5.74) is 0.741. The molecule has 10 heteroatoms. The van der Waals surface area contributed by atoms with Crippen molar-refractivity contribution in [3.8, 4) is 11.5 Å². The van der Waals surface area contributed by atoms with Gasteiger partial charge in [-0.25, -0.2) is 4.98 Å². The number of fused-ring (bicyclic) bond motifs is 1. The number of hydrogen-bond donors (Lipinski definition) is 3. The van der Waals surface area contributed by atoms with Crippen molar-refractivity contribution >= 4 is 40.2 Å². The predicted molar refractivity (Wildman–Crippen MR) is 119 cm³/mol. The summed E-state index contributed by atoms with van der Waals surface area (Å²) in [6.45, 7) is 3.00. The van der Waals surface area contributed by atoms with Crippen LogP contribution in [0.15, 0.2) is 12.1 Å². The lowest BCUT2D eigenvalue weighted by Crippen LogP contribution is -2.37. The predicted octanol–water partition coefficient (Wildman–Crippen LogP) is 1.92. The summed E-state index contributed by atoms with van der Waals surface area (Å²) in [5.74, 6) is 2.20. The van der Waals surface area contributed by atoms with Crippen LogP contribution in [0.2, 0.25) is 0 Å². The number of nitrogens with zero attached hydrogens (tertiary/aromatic N) is 3. The second-order valence-corrected chi connectivity index (χ2v) is 7.52. The molecule has 1 amide bonds. The number of aromatic nitrogens is 2. The van der Waals surface area contributed by atoms with E-state index in [-0.39, 0.29) is 11.8 Å². The van der Waals surface area contributed by atoms with E-state index in [1.807, 2.05) is 12.1 Å². The lowest BCUT2D eigenvalue weighted by atomic mass is 10.1. The zero-order valence-electron chi connectivity index (χ0n) is 17.6. The Morgan fingerprint density at radius 1 is 1.17 bits per heavy atom. The van der Waals surface area contributed by atoms with Gasteiger partial charge in [-0.1, -0.05) is 0 Å². The Kier molecular flexibility index (Phi) is 7.75. The number of amides is 1. The van der Waals surface area contributed by atoms with Gasteiger partial charge in [0.1, 0.15) is 11.7 Å². The average molecular weight is 437 g/mol. The Bertz CT molecular complexity index is 873. The van der Waals surface area contributed by atoms with Crippen LogP contribution >= 0.6 is 11.6 Å². The molecule has 1 aliphatic rings. The largest absolute Gasteiger partial charge is 0.493 e. The Balaban J connectivity index is 1.86. The number of nitrogens with one attached hydrogen (secondary N) is 3. The van der Waals surface area contributed by atoms with Gasteiger partial charge in [0.25, 0.3) is 0 Å². The molecule has 0 radical (unpaired) electrons. The second-order valence-electron chi connectivity index (χ2n) is 7.25. The normalized spacial score (nSPS) is 15.1. The minimum Gasteiger partial charge on any atom is -0.493 e. The molecule has 3 rings (SSSR count). The maximum atomic E-state index is 11.3. The molecule has 2 heterocycles. The van der Waals surface area contributed by atoms with Crippen molar-refractivity contribution in [2.24, 2.45) is 0 Å². The average Bonchev–Trinajstić information content (AvgIpc) is 2.77. The van der Waals surface area contributed by atoms with Gasteiger partial charge in [-0.15, -0.1) is 11.6 Å². The van der Waals surface area contributed by atoms with Crippen molar-refractivity contribution in [1.29, 1.82) is 0 Å². The third-order valence-corrected chi connectivity index (χ3v) is 5.35. The SMILES string of the molecule is COc1cc2nc(NCCNC(=O)CCl)nc(NC3CCN(C)CC3)c2cc1OC. The Hall–Kier alpha value is -2.52. The highest BCUT2D eigenvalue weighted by atomic mass is 35.5. The van der Waals surface area contributed by atoms with Gasteiger partial charge in [-0.3, -0.25) is 4.79 Å². The molecule has 1 aromatic carbocycles. The Morgan fingerprint density at radius 3 is 2.53 bits per heavy atom. The van der Waals surface area contributed by atoms with E-state index in [0.29, 0.717) is 36.6 Å². The van der Waals surface area contributed by atoms with E-state index in [1.54, 1.807) is 14.2 Å². The molecule has 0 bridgehead atoms. The number of rotatable bonds is 9.